The Bertz CT molecular complexity index is 575. The summed E-state index contributed by atoms with van der Waals surface area (Å²) in [5.41, 5.74) is 2.91. The Kier molecular flexibility index (Phi) is 6.70. The summed E-state index contributed by atoms with van der Waals surface area (Å²) in [5, 5.41) is 3.50. The van der Waals surface area contributed by atoms with Crippen LogP contribution in [0.5, 0.6) is 0 Å². The van der Waals surface area contributed by atoms with Gasteiger partial charge in [-0.05, 0) is 43.9 Å². The van der Waals surface area contributed by atoms with E-state index in [-0.39, 0.29) is 0 Å². The van der Waals surface area contributed by atoms with Gasteiger partial charge in [0.1, 0.15) is 0 Å². The van der Waals surface area contributed by atoms with Crippen LogP contribution in [0.3, 0.4) is 0 Å². The Hall–Kier alpha value is -1.59. The van der Waals surface area contributed by atoms with Crippen molar-refractivity contribution in [1.29, 1.82) is 0 Å². The molecule has 5 nitrogen and oxygen atoms in total. The van der Waals surface area contributed by atoms with Gasteiger partial charge in [0.15, 0.2) is 5.96 Å². The smallest absolute Gasteiger partial charge is 0.194 e. The molecule has 1 aromatic carbocycles. The number of methoxy groups -OCH3 is 1. The summed E-state index contributed by atoms with van der Waals surface area (Å²) in [5.74, 6) is 1.07. The quantitative estimate of drug-likeness (QED) is 0.634. The third-order valence-corrected chi connectivity index (χ3v) is 5.30. The lowest BCUT2D eigenvalue weighted by Gasteiger charge is -2.32. The van der Waals surface area contributed by atoms with E-state index in [0.29, 0.717) is 6.04 Å². The fraction of sp³-hybridized carbons (Fsp3) is 0.650. The molecule has 0 bridgehead atoms. The number of guanidine groups is 1. The van der Waals surface area contributed by atoms with E-state index in [4.69, 9.17) is 9.73 Å². The van der Waals surface area contributed by atoms with E-state index >= 15 is 0 Å². The Morgan fingerprint density at radius 2 is 2.12 bits per heavy atom. The Balaban J connectivity index is 1.63. The standard InChI is InChI=1S/C20H32N4O/c1-3-21-20(22-15-19-9-6-11-23(19)13-14-25-2)24-12-10-17-7-4-5-8-18(17)16-24/h4-5,7-8,19H,3,6,9-16H2,1-2H3,(H,21,22). The number of fused-ring (bicyclic) bond motifs is 1. The first-order valence-corrected chi connectivity index (χ1v) is 9.65. The lowest BCUT2D eigenvalue weighted by molar-refractivity contribution is 0.142. The van der Waals surface area contributed by atoms with E-state index in [9.17, 15) is 0 Å². The molecule has 1 aromatic rings. The molecule has 0 spiro atoms. The minimum Gasteiger partial charge on any atom is -0.383 e. The van der Waals surface area contributed by atoms with Crippen molar-refractivity contribution in [3.8, 4) is 0 Å². The molecular weight excluding hydrogens is 312 g/mol. The minimum atomic E-state index is 0.556. The van der Waals surface area contributed by atoms with Crippen LogP contribution in [-0.4, -0.2) is 68.2 Å². The number of rotatable bonds is 6. The lowest BCUT2D eigenvalue weighted by Crippen LogP contribution is -2.45. The van der Waals surface area contributed by atoms with Crippen LogP contribution >= 0.6 is 0 Å². The SMILES string of the molecule is CCNC(=NCC1CCCN1CCOC)N1CCc2ccccc2C1. The van der Waals surface area contributed by atoms with Crippen LogP contribution in [-0.2, 0) is 17.7 Å². The van der Waals surface area contributed by atoms with Crippen molar-refractivity contribution in [1.82, 2.24) is 15.1 Å². The maximum Gasteiger partial charge on any atom is 0.194 e. The zero-order valence-electron chi connectivity index (χ0n) is 15.7. The molecule has 1 saturated heterocycles. The van der Waals surface area contributed by atoms with Gasteiger partial charge in [0, 0.05) is 39.3 Å². The summed E-state index contributed by atoms with van der Waals surface area (Å²) in [4.78, 5) is 9.93. The molecule has 138 valence electrons. The second kappa shape index (κ2) is 9.20. The summed E-state index contributed by atoms with van der Waals surface area (Å²) in [6.45, 7) is 8.94. The summed E-state index contributed by atoms with van der Waals surface area (Å²) in [7, 11) is 1.78. The van der Waals surface area contributed by atoms with Crippen LogP contribution in [0.25, 0.3) is 0 Å². The molecular formula is C20H32N4O. The maximum absolute atomic E-state index is 5.25. The van der Waals surface area contributed by atoms with Crippen molar-refractivity contribution < 1.29 is 4.74 Å². The summed E-state index contributed by atoms with van der Waals surface area (Å²) in [6.07, 6.45) is 3.62. The van der Waals surface area contributed by atoms with E-state index in [1.54, 1.807) is 7.11 Å². The Morgan fingerprint density at radius 3 is 2.92 bits per heavy atom. The molecule has 0 saturated carbocycles. The molecule has 5 heteroatoms. The number of hydrogen-bond acceptors (Lipinski definition) is 3. The monoisotopic (exact) mass is 344 g/mol. The number of aliphatic imine (C=N–C) groups is 1. The second-order valence-corrected chi connectivity index (χ2v) is 6.96. The molecule has 2 aliphatic rings. The fourth-order valence-corrected chi connectivity index (χ4v) is 3.90. The van der Waals surface area contributed by atoms with Gasteiger partial charge in [0.2, 0.25) is 0 Å². The number of nitrogens with zero attached hydrogens (tertiary/aromatic N) is 3. The Labute approximate surface area is 152 Å². The molecule has 1 fully saturated rings. The topological polar surface area (TPSA) is 40.1 Å². The van der Waals surface area contributed by atoms with Gasteiger partial charge >= 0.3 is 0 Å². The molecule has 0 radical (unpaired) electrons. The number of nitrogens with one attached hydrogen (secondary N) is 1. The first-order chi connectivity index (χ1) is 12.3. The van der Waals surface area contributed by atoms with E-state index in [1.165, 1.54) is 30.5 Å². The molecule has 1 atom stereocenters. The Morgan fingerprint density at radius 1 is 1.28 bits per heavy atom. The highest BCUT2D eigenvalue weighted by molar-refractivity contribution is 5.80. The summed E-state index contributed by atoms with van der Waals surface area (Å²) in [6, 6.07) is 9.33. The number of hydrogen-bond donors (Lipinski definition) is 1. The number of ether oxygens (including phenoxy) is 1. The van der Waals surface area contributed by atoms with Gasteiger partial charge in [-0.1, -0.05) is 24.3 Å². The molecule has 0 aromatic heterocycles. The molecule has 25 heavy (non-hydrogen) atoms. The average molecular weight is 345 g/mol. The highest BCUT2D eigenvalue weighted by Gasteiger charge is 2.25. The fourth-order valence-electron chi connectivity index (χ4n) is 3.90. The molecule has 0 aliphatic carbocycles. The van der Waals surface area contributed by atoms with Gasteiger partial charge in [-0.3, -0.25) is 9.89 Å². The lowest BCUT2D eigenvalue weighted by atomic mass is 10.0. The highest BCUT2D eigenvalue weighted by Crippen LogP contribution is 2.20. The van der Waals surface area contributed by atoms with Crippen molar-refractivity contribution in [3.05, 3.63) is 35.4 Å². The van der Waals surface area contributed by atoms with Gasteiger partial charge in [-0.25, -0.2) is 0 Å². The van der Waals surface area contributed by atoms with Crippen molar-refractivity contribution in [2.24, 2.45) is 4.99 Å². The van der Waals surface area contributed by atoms with Gasteiger partial charge in [0.25, 0.3) is 0 Å². The van der Waals surface area contributed by atoms with Crippen LogP contribution in [0.2, 0.25) is 0 Å². The average Bonchev–Trinajstić information content (AvgIpc) is 3.10. The van der Waals surface area contributed by atoms with Crippen LogP contribution in [0, 0.1) is 0 Å². The van der Waals surface area contributed by atoms with Crippen molar-refractivity contribution in [2.75, 3.05) is 46.4 Å². The highest BCUT2D eigenvalue weighted by atomic mass is 16.5. The normalized spacial score (nSPS) is 21.4. The van der Waals surface area contributed by atoms with Gasteiger partial charge in [-0.15, -0.1) is 0 Å². The van der Waals surface area contributed by atoms with Gasteiger partial charge in [-0.2, -0.15) is 0 Å². The van der Waals surface area contributed by atoms with Crippen LogP contribution in [0.1, 0.15) is 30.9 Å². The third-order valence-electron chi connectivity index (χ3n) is 5.30. The molecule has 2 aliphatic heterocycles. The molecule has 2 heterocycles. The van der Waals surface area contributed by atoms with Crippen molar-refractivity contribution in [3.63, 3.8) is 0 Å². The van der Waals surface area contributed by atoms with Gasteiger partial charge < -0.3 is 15.0 Å². The van der Waals surface area contributed by atoms with Crippen LogP contribution in [0.15, 0.2) is 29.3 Å². The zero-order chi connectivity index (χ0) is 17.5. The predicted octanol–water partition coefficient (Wildman–Crippen LogP) is 2.12. The molecule has 3 rings (SSSR count). The summed E-state index contributed by atoms with van der Waals surface area (Å²) >= 11 is 0. The largest absolute Gasteiger partial charge is 0.383 e. The van der Waals surface area contributed by atoms with E-state index in [2.05, 4.69) is 46.3 Å². The first kappa shape index (κ1) is 18.2. The van der Waals surface area contributed by atoms with Crippen LogP contribution in [0.4, 0.5) is 0 Å². The molecule has 0 amide bonds. The van der Waals surface area contributed by atoms with E-state index in [0.717, 1.165) is 51.7 Å². The molecule has 1 unspecified atom stereocenters. The predicted molar refractivity (Wildman–Crippen MR) is 103 cm³/mol. The second-order valence-electron chi connectivity index (χ2n) is 6.96. The van der Waals surface area contributed by atoms with Crippen molar-refractivity contribution >= 4 is 5.96 Å². The number of benzene rings is 1. The van der Waals surface area contributed by atoms with E-state index < -0.39 is 0 Å². The third kappa shape index (κ3) is 4.73. The number of likely N-dealkylation sites (tertiary alicyclic amines) is 1. The molecule has 1 N–H and O–H groups in total. The van der Waals surface area contributed by atoms with Gasteiger partial charge in [0.05, 0.1) is 13.2 Å². The first-order valence-electron chi connectivity index (χ1n) is 9.65. The van der Waals surface area contributed by atoms with Crippen LogP contribution < -0.4 is 5.32 Å². The maximum atomic E-state index is 5.25. The minimum absolute atomic E-state index is 0.556. The zero-order valence-corrected chi connectivity index (χ0v) is 15.7. The summed E-state index contributed by atoms with van der Waals surface area (Å²) < 4.78 is 5.25. The van der Waals surface area contributed by atoms with E-state index in [1.807, 2.05) is 0 Å². The van der Waals surface area contributed by atoms with Crippen molar-refractivity contribution in [2.45, 2.75) is 38.8 Å².